The third-order valence-electron chi connectivity index (χ3n) is 2.91. The first-order chi connectivity index (χ1) is 10.0. The Balaban J connectivity index is 2.15. The zero-order valence-electron chi connectivity index (χ0n) is 11.7. The summed E-state index contributed by atoms with van der Waals surface area (Å²) >= 11 is 0. The molecule has 1 saturated heterocycles. The lowest BCUT2D eigenvalue weighted by atomic mass is 10.1. The summed E-state index contributed by atoms with van der Waals surface area (Å²) in [6.07, 6.45) is -0.503. The molecule has 0 unspecified atom stereocenters. The van der Waals surface area contributed by atoms with Crippen molar-refractivity contribution in [2.24, 2.45) is 0 Å². The molecule has 0 aromatic heterocycles. The largest absolute Gasteiger partial charge is 0.465 e. The molecule has 0 radical (unpaired) electrons. The average Bonchev–Trinajstić information content (AvgIpc) is 2.93. The van der Waals surface area contributed by atoms with E-state index in [-0.39, 0.29) is 24.3 Å². The van der Waals surface area contributed by atoms with Gasteiger partial charge in [0.05, 0.1) is 24.8 Å². The maximum atomic E-state index is 12.4. The number of nitrogens with zero attached hydrogens (tertiary/aromatic N) is 1. The van der Waals surface area contributed by atoms with Crippen LogP contribution >= 0.6 is 0 Å². The van der Waals surface area contributed by atoms with E-state index in [1.165, 1.54) is 26.2 Å². The standard InChI is InChI=1S/C14H15NO6/c1-9(16)21-10-7-15(20-8-10)13(17)11-5-3-4-6-12(11)14(18)19-2/h3-6,10H,7-8H2,1-2H3/t10-/m1/s1. The second-order valence-electron chi connectivity index (χ2n) is 4.43. The zero-order valence-corrected chi connectivity index (χ0v) is 11.7. The number of benzene rings is 1. The SMILES string of the molecule is COC(=O)c1ccccc1C(=O)N1C[C@@H](OC(C)=O)CO1. The number of carbonyl (C=O) groups excluding carboxylic acids is 3. The minimum atomic E-state index is -0.602. The van der Waals surface area contributed by atoms with Crippen molar-refractivity contribution in [1.29, 1.82) is 0 Å². The first-order valence-corrected chi connectivity index (χ1v) is 6.32. The van der Waals surface area contributed by atoms with Gasteiger partial charge in [-0.25, -0.2) is 9.86 Å². The van der Waals surface area contributed by atoms with Gasteiger partial charge in [0.25, 0.3) is 5.91 Å². The lowest BCUT2D eigenvalue weighted by Crippen LogP contribution is -2.31. The topological polar surface area (TPSA) is 82.1 Å². The van der Waals surface area contributed by atoms with Gasteiger partial charge in [0.2, 0.25) is 0 Å². The number of amides is 1. The van der Waals surface area contributed by atoms with E-state index >= 15 is 0 Å². The Labute approximate surface area is 121 Å². The highest BCUT2D eigenvalue weighted by Crippen LogP contribution is 2.17. The number of methoxy groups -OCH3 is 1. The Bertz CT molecular complexity index is 570. The number of hydroxylamine groups is 2. The predicted molar refractivity (Wildman–Crippen MR) is 70.3 cm³/mol. The molecule has 0 bridgehead atoms. The number of hydrogen-bond donors (Lipinski definition) is 0. The molecule has 0 aliphatic carbocycles. The van der Waals surface area contributed by atoms with Gasteiger partial charge >= 0.3 is 11.9 Å². The number of carbonyl (C=O) groups is 3. The zero-order chi connectivity index (χ0) is 15.4. The van der Waals surface area contributed by atoms with Crippen molar-refractivity contribution in [1.82, 2.24) is 5.06 Å². The van der Waals surface area contributed by atoms with Crippen molar-refractivity contribution >= 4 is 17.8 Å². The summed E-state index contributed by atoms with van der Waals surface area (Å²) in [6.45, 7) is 1.51. The lowest BCUT2D eigenvalue weighted by molar-refractivity contribution is -0.145. The van der Waals surface area contributed by atoms with Crippen molar-refractivity contribution < 1.29 is 28.7 Å². The van der Waals surface area contributed by atoms with Crippen LogP contribution in [-0.2, 0) is 19.1 Å². The highest BCUT2D eigenvalue weighted by molar-refractivity contribution is 6.05. The van der Waals surface area contributed by atoms with Gasteiger partial charge in [-0.05, 0) is 12.1 Å². The van der Waals surface area contributed by atoms with Crippen LogP contribution in [0, 0.1) is 0 Å². The summed E-state index contributed by atoms with van der Waals surface area (Å²) in [4.78, 5) is 40.1. The summed E-state index contributed by atoms with van der Waals surface area (Å²) in [5.74, 6) is -1.52. The maximum Gasteiger partial charge on any atom is 0.338 e. The quantitative estimate of drug-likeness (QED) is 0.766. The van der Waals surface area contributed by atoms with Crippen LogP contribution in [0.4, 0.5) is 0 Å². The molecule has 7 heteroatoms. The smallest absolute Gasteiger partial charge is 0.338 e. The summed E-state index contributed by atoms with van der Waals surface area (Å²) in [5, 5.41) is 1.08. The first kappa shape index (κ1) is 15.0. The third kappa shape index (κ3) is 3.38. The molecule has 1 atom stereocenters. The maximum absolute atomic E-state index is 12.4. The van der Waals surface area contributed by atoms with Gasteiger partial charge in [-0.15, -0.1) is 0 Å². The van der Waals surface area contributed by atoms with Gasteiger partial charge in [-0.2, -0.15) is 0 Å². The van der Waals surface area contributed by atoms with E-state index in [1.807, 2.05) is 0 Å². The van der Waals surface area contributed by atoms with Crippen molar-refractivity contribution in [2.75, 3.05) is 20.3 Å². The predicted octanol–water partition coefficient (Wildman–Crippen LogP) is 0.792. The molecule has 112 valence electrons. The minimum Gasteiger partial charge on any atom is -0.465 e. The van der Waals surface area contributed by atoms with Crippen LogP contribution in [0.3, 0.4) is 0 Å². The second-order valence-corrected chi connectivity index (χ2v) is 4.43. The third-order valence-corrected chi connectivity index (χ3v) is 2.91. The normalized spacial score (nSPS) is 17.4. The highest BCUT2D eigenvalue weighted by Gasteiger charge is 2.32. The van der Waals surface area contributed by atoms with Crippen LogP contribution in [0.5, 0.6) is 0 Å². The van der Waals surface area contributed by atoms with Gasteiger partial charge in [0.1, 0.15) is 12.7 Å². The molecule has 1 fully saturated rings. The molecule has 1 aliphatic heterocycles. The number of hydrogen-bond acceptors (Lipinski definition) is 6. The van der Waals surface area contributed by atoms with Crippen LogP contribution in [0.25, 0.3) is 0 Å². The average molecular weight is 293 g/mol. The molecule has 21 heavy (non-hydrogen) atoms. The fourth-order valence-corrected chi connectivity index (χ4v) is 2.00. The van der Waals surface area contributed by atoms with Gasteiger partial charge in [0, 0.05) is 6.92 Å². The Morgan fingerprint density at radius 3 is 2.52 bits per heavy atom. The van der Waals surface area contributed by atoms with E-state index in [9.17, 15) is 14.4 Å². The number of rotatable bonds is 3. The molecule has 1 aliphatic rings. The summed E-state index contributed by atoms with van der Waals surface area (Å²) < 4.78 is 9.62. The fraction of sp³-hybridized carbons (Fsp3) is 0.357. The van der Waals surface area contributed by atoms with E-state index in [1.54, 1.807) is 12.1 Å². The van der Waals surface area contributed by atoms with Crippen LogP contribution in [0.15, 0.2) is 24.3 Å². The number of ether oxygens (including phenoxy) is 2. The molecule has 0 N–H and O–H groups in total. The second kappa shape index (κ2) is 6.36. The van der Waals surface area contributed by atoms with Crippen LogP contribution in [0.1, 0.15) is 27.6 Å². The molecule has 0 spiro atoms. The molecule has 1 aromatic carbocycles. The Morgan fingerprint density at radius 2 is 1.90 bits per heavy atom. The molecule has 1 heterocycles. The van der Waals surface area contributed by atoms with E-state index < -0.39 is 23.9 Å². The van der Waals surface area contributed by atoms with E-state index in [2.05, 4.69) is 4.74 Å². The fourth-order valence-electron chi connectivity index (χ4n) is 2.00. The van der Waals surface area contributed by atoms with Crippen LogP contribution in [0.2, 0.25) is 0 Å². The van der Waals surface area contributed by atoms with Gasteiger partial charge in [-0.3, -0.25) is 14.4 Å². The van der Waals surface area contributed by atoms with Crippen molar-refractivity contribution in [3.05, 3.63) is 35.4 Å². The van der Waals surface area contributed by atoms with Crippen molar-refractivity contribution in [3.8, 4) is 0 Å². The number of esters is 2. The summed E-state index contributed by atoms with van der Waals surface area (Å²) in [5.41, 5.74) is 0.331. The Hall–Kier alpha value is -2.41. The summed E-state index contributed by atoms with van der Waals surface area (Å²) in [7, 11) is 1.24. The van der Waals surface area contributed by atoms with Gasteiger partial charge < -0.3 is 9.47 Å². The van der Waals surface area contributed by atoms with Crippen LogP contribution < -0.4 is 0 Å². The molecular formula is C14H15NO6. The summed E-state index contributed by atoms with van der Waals surface area (Å²) in [6, 6.07) is 6.28. The molecule has 7 nitrogen and oxygen atoms in total. The molecule has 0 saturated carbocycles. The van der Waals surface area contributed by atoms with Gasteiger partial charge in [-0.1, -0.05) is 12.1 Å². The van der Waals surface area contributed by atoms with Crippen LogP contribution in [-0.4, -0.2) is 49.3 Å². The van der Waals surface area contributed by atoms with E-state index in [0.717, 1.165) is 5.06 Å². The van der Waals surface area contributed by atoms with E-state index in [4.69, 9.17) is 9.57 Å². The molecule has 1 aromatic rings. The van der Waals surface area contributed by atoms with Gasteiger partial charge in [0.15, 0.2) is 0 Å². The van der Waals surface area contributed by atoms with Crippen molar-refractivity contribution in [3.63, 3.8) is 0 Å². The molecular weight excluding hydrogens is 278 g/mol. The highest BCUT2D eigenvalue weighted by atomic mass is 16.7. The minimum absolute atomic E-state index is 0.103. The molecule has 1 amide bonds. The molecule has 2 rings (SSSR count). The van der Waals surface area contributed by atoms with E-state index in [0.29, 0.717) is 0 Å². The Morgan fingerprint density at radius 1 is 1.24 bits per heavy atom. The van der Waals surface area contributed by atoms with Crippen molar-refractivity contribution in [2.45, 2.75) is 13.0 Å². The Kier molecular flexibility index (Phi) is 4.54. The monoisotopic (exact) mass is 293 g/mol. The first-order valence-electron chi connectivity index (χ1n) is 6.32. The lowest BCUT2D eigenvalue weighted by Gasteiger charge is -2.15.